The molecule has 0 saturated heterocycles. The van der Waals surface area contributed by atoms with Gasteiger partial charge in [-0.15, -0.1) is 0 Å². The minimum Gasteiger partial charge on any atom is -0.372 e. The van der Waals surface area contributed by atoms with Crippen molar-refractivity contribution in [3.63, 3.8) is 0 Å². The van der Waals surface area contributed by atoms with Crippen LogP contribution >= 0.6 is 0 Å². The maximum atomic E-state index is 12.9. The number of nitrogens with one attached hydrogen (secondary N) is 1. The van der Waals surface area contributed by atoms with E-state index in [9.17, 15) is 9.90 Å². The maximum absolute atomic E-state index is 12.9. The van der Waals surface area contributed by atoms with Crippen LogP contribution < -0.4 is 5.43 Å². The predicted molar refractivity (Wildman–Crippen MR) is 113 cm³/mol. The minimum absolute atomic E-state index is 0.477. The molecule has 0 aliphatic rings. The number of rotatable bonds is 6. The minimum atomic E-state index is -1.84. The summed E-state index contributed by atoms with van der Waals surface area (Å²) in [6.45, 7) is 1.89. The molecular formula is C24H22N2O2. The Hall–Kier alpha value is -3.50. The average Bonchev–Trinajstić information content (AvgIpc) is 2.75. The number of carbonyl (C=O) groups is 1. The zero-order valence-electron chi connectivity index (χ0n) is 15.6. The van der Waals surface area contributed by atoms with Crippen molar-refractivity contribution >= 4 is 18.2 Å². The Kier molecular flexibility index (Phi) is 6.14. The fourth-order valence-electron chi connectivity index (χ4n) is 2.91. The molecule has 2 N–H and O–H groups in total. The molecule has 3 aromatic carbocycles. The second-order valence-electron chi connectivity index (χ2n) is 6.44. The summed E-state index contributed by atoms with van der Waals surface area (Å²) in [4.78, 5) is 12.9. The monoisotopic (exact) mass is 370 g/mol. The highest BCUT2D eigenvalue weighted by atomic mass is 16.3. The predicted octanol–water partition coefficient (Wildman–Crippen LogP) is 4.13. The third kappa shape index (κ3) is 4.42. The van der Waals surface area contributed by atoms with Crippen molar-refractivity contribution in [2.24, 2.45) is 5.10 Å². The molecule has 0 atom stereocenters. The molecule has 1 amide bonds. The van der Waals surface area contributed by atoms with E-state index in [2.05, 4.69) is 10.5 Å². The lowest BCUT2D eigenvalue weighted by atomic mass is 9.85. The van der Waals surface area contributed by atoms with Gasteiger partial charge in [0.05, 0.1) is 6.21 Å². The summed E-state index contributed by atoms with van der Waals surface area (Å²) in [5.41, 5.74) is 3.51. The smallest absolute Gasteiger partial charge is 0.281 e. The van der Waals surface area contributed by atoms with Crippen LogP contribution in [0.3, 0.4) is 0 Å². The van der Waals surface area contributed by atoms with Crippen molar-refractivity contribution in [3.05, 3.63) is 113 Å². The van der Waals surface area contributed by atoms with Crippen molar-refractivity contribution in [3.8, 4) is 0 Å². The maximum Gasteiger partial charge on any atom is 0.281 e. The van der Waals surface area contributed by atoms with Crippen LogP contribution in [-0.4, -0.2) is 17.2 Å². The number of allylic oxidation sites excluding steroid dienone is 1. The first-order chi connectivity index (χ1) is 13.6. The summed E-state index contributed by atoms with van der Waals surface area (Å²) in [7, 11) is 0. The van der Waals surface area contributed by atoms with Crippen LogP contribution in [0.25, 0.3) is 6.08 Å². The van der Waals surface area contributed by atoms with Gasteiger partial charge in [-0.25, -0.2) is 5.43 Å². The second-order valence-corrected chi connectivity index (χ2v) is 6.44. The third-order valence-corrected chi connectivity index (χ3v) is 4.34. The Labute approximate surface area is 164 Å². The van der Waals surface area contributed by atoms with E-state index in [0.717, 1.165) is 11.1 Å². The standard InChI is InChI=1S/C24H22N2O2/c1-19(17-20-11-5-2-6-12-20)18-25-26-23(27)24(28,21-13-7-3-8-14-21)22-15-9-4-10-16-22/h2-18,28H,1H3,(H,26,27)/b19-17-,25-18?. The highest BCUT2D eigenvalue weighted by Gasteiger charge is 2.39. The molecule has 4 nitrogen and oxygen atoms in total. The molecule has 0 saturated carbocycles. The average molecular weight is 370 g/mol. The van der Waals surface area contributed by atoms with E-state index >= 15 is 0 Å². The summed E-state index contributed by atoms with van der Waals surface area (Å²) in [5, 5.41) is 15.4. The van der Waals surface area contributed by atoms with Crippen LogP contribution in [-0.2, 0) is 10.4 Å². The fourth-order valence-corrected chi connectivity index (χ4v) is 2.91. The lowest BCUT2D eigenvalue weighted by Crippen LogP contribution is -2.43. The van der Waals surface area contributed by atoms with Gasteiger partial charge in [-0.3, -0.25) is 4.79 Å². The molecule has 4 heteroatoms. The highest BCUT2D eigenvalue weighted by molar-refractivity contribution is 5.91. The molecular weight excluding hydrogens is 348 g/mol. The first kappa shape index (κ1) is 19.3. The Bertz CT molecular complexity index is 926. The van der Waals surface area contributed by atoms with E-state index in [1.807, 2.05) is 55.5 Å². The SMILES string of the molecule is C/C(C=NNC(=O)C(O)(c1ccccc1)c1ccccc1)=C/c1ccccc1. The van der Waals surface area contributed by atoms with E-state index in [1.165, 1.54) is 0 Å². The molecule has 0 bridgehead atoms. The molecule has 0 aliphatic heterocycles. The number of hydrogen-bond acceptors (Lipinski definition) is 3. The number of amides is 1. The zero-order valence-corrected chi connectivity index (χ0v) is 15.6. The van der Waals surface area contributed by atoms with Gasteiger partial charge in [0.2, 0.25) is 0 Å². The second kappa shape index (κ2) is 8.93. The molecule has 0 unspecified atom stereocenters. The van der Waals surface area contributed by atoms with E-state index in [0.29, 0.717) is 11.1 Å². The summed E-state index contributed by atoms with van der Waals surface area (Å²) in [5.74, 6) is -0.617. The first-order valence-electron chi connectivity index (χ1n) is 9.01. The highest BCUT2D eigenvalue weighted by Crippen LogP contribution is 2.29. The van der Waals surface area contributed by atoms with Gasteiger partial charge < -0.3 is 5.11 Å². The van der Waals surface area contributed by atoms with Crippen LogP contribution in [0.15, 0.2) is 102 Å². The van der Waals surface area contributed by atoms with Gasteiger partial charge in [-0.05, 0) is 29.2 Å². The van der Waals surface area contributed by atoms with Crippen LogP contribution in [0.4, 0.5) is 0 Å². The Balaban J connectivity index is 1.82. The molecule has 0 aliphatic carbocycles. The summed E-state index contributed by atoms with van der Waals surface area (Å²) in [6.07, 6.45) is 3.51. The Morgan fingerprint density at radius 3 is 1.82 bits per heavy atom. The quantitative estimate of drug-likeness (QED) is 0.506. The van der Waals surface area contributed by atoms with Gasteiger partial charge in [0.1, 0.15) is 0 Å². The van der Waals surface area contributed by atoms with Gasteiger partial charge in [-0.1, -0.05) is 97.1 Å². The van der Waals surface area contributed by atoms with Gasteiger partial charge in [0.15, 0.2) is 5.60 Å². The number of benzene rings is 3. The van der Waals surface area contributed by atoms with Gasteiger partial charge in [0.25, 0.3) is 5.91 Å². The molecule has 140 valence electrons. The van der Waals surface area contributed by atoms with Crippen molar-refractivity contribution in [2.75, 3.05) is 0 Å². The van der Waals surface area contributed by atoms with Crippen LogP contribution in [0.5, 0.6) is 0 Å². The Morgan fingerprint density at radius 1 is 0.857 bits per heavy atom. The van der Waals surface area contributed by atoms with E-state index in [-0.39, 0.29) is 0 Å². The molecule has 28 heavy (non-hydrogen) atoms. The van der Waals surface area contributed by atoms with Crippen molar-refractivity contribution in [1.29, 1.82) is 0 Å². The topological polar surface area (TPSA) is 61.7 Å². The van der Waals surface area contributed by atoms with E-state index < -0.39 is 11.5 Å². The van der Waals surface area contributed by atoms with Crippen molar-refractivity contribution < 1.29 is 9.90 Å². The fraction of sp³-hybridized carbons (Fsp3) is 0.0833. The molecule has 3 rings (SSSR count). The first-order valence-corrected chi connectivity index (χ1v) is 9.01. The molecule has 0 fully saturated rings. The molecule has 0 aromatic heterocycles. The Morgan fingerprint density at radius 2 is 1.32 bits per heavy atom. The number of carbonyl (C=O) groups excluding carboxylic acids is 1. The number of aliphatic hydroxyl groups is 1. The largest absolute Gasteiger partial charge is 0.372 e. The van der Waals surface area contributed by atoms with Crippen LogP contribution in [0.2, 0.25) is 0 Å². The number of hydrogen-bond donors (Lipinski definition) is 2. The molecule has 0 spiro atoms. The van der Waals surface area contributed by atoms with Crippen LogP contribution in [0.1, 0.15) is 23.6 Å². The van der Waals surface area contributed by atoms with Crippen molar-refractivity contribution in [2.45, 2.75) is 12.5 Å². The summed E-state index contributed by atoms with van der Waals surface area (Å²) >= 11 is 0. The number of hydrazone groups is 1. The van der Waals surface area contributed by atoms with E-state index in [4.69, 9.17) is 0 Å². The van der Waals surface area contributed by atoms with Crippen molar-refractivity contribution in [1.82, 2.24) is 5.43 Å². The van der Waals surface area contributed by atoms with Gasteiger partial charge in [0, 0.05) is 0 Å². The lowest BCUT2D eigenvalue weighted by molar-refractivity contribution is -0.136. The summed E-state index contributed by atoms with van der Waals surface area (Å²) < 4.78 is 0. The molecule has 0 heterocycles. The zero-order chi connectivity index (χ0) is 19.8. The van der Waals surface area contributed by atoms with E-state index in [1.54, 1.807) is 54.7 Å². The third-order valence-electron chi connectivity index (χ3n) is 4.34. The molecule has 3 aromatic rings. The van der Waals surface area contributed by atoms with Crippen LogP contribution in [0, 0.1) is 0 Å². The molecule has 0 radical (unpaired) electrons. The number of nitrogens with zero attached hydrogens (tertiary/aromatic N) is 1. The van der Waals surface area contributed by atoms with Gasteiger partial charge >= 0.3 is 0 Å². The lowest BCUT2D eigenvalue weighted by Gasteiger charge is -2.27. The van der Waals surface area contributed by atoms with Gasteiger partial charge in [-0.2, -0.15) is 5.10 Å². The normalized spacial score (nSPS) is 12.1. The summed E-state index contributed by atoms with van der Waals surface area (Å²) in [6, 6.07) is 27.5.